The summed E-state index contributed by atoms with van der Waals surface area (Å²) >= 11 is 0. The lowest BCUT2D eigenvalue weighted by Gasteiger charge is -2.15. The summed E-state index contributed by atoms with van der Waals surface area (Å²) in [6.45, 7) is 1.97. The Morgan fingerprint density at radius 3 is 2.58 bits per heavy atom. The van der Waals surface area contributed by atoms with Gasteiger partial charge in [-0.25, -0.2) is 0 Å². The van der Waals surface area contributed by atoms with E-state index >= 15 is 0 Å². The highest BCUT2D eigenvalue weighted by Crippen LogP contribution is 2.33. The number of hydrogen-bond acceptors (Lipinski definition) is 6. The van der Waals surface area contributed by atoms with Crippen LogP contribution in [0.3, 0.4) is 0 Å². The SMILES string of the molecule is CCOC(=O)C(N)Cc1c(O)cc(OC)cc1OC. The molecule has 1 atom stereocenters. The van der Waals surface area contributed by atoms with Gasteiger partial charge in [-0.1, -0.05) is 0 Å². The monoisotopic (exact) mass is 269 g/mol. The smallest absolute Gasteiger partial charge is 0.323 e. The number of rotatable bonds is 6. The van der Waals surface area contributed by atoms with Crippen LogP contribution in [-0.4, -0.2) is 37.9 Å². The van der Waals surface area contributed by atoms with Crippen molar-refractivity contribution in [3.05, 3.63) is 17.7 Å². The molecule has 3 N–H and O–H groups in total. The minimum Gasteiger partial charge on any atom is -0.507 e. The first kappa shape index (κ1) is 15.1. The van der Waals surface area contributed by atoms with E-state index in [4.69, 9.17) is 19.9 Å². The average Bonchev–Trinajstić information content (AvgIpc) is 2.40. The molecule has 0 aliphatic rings. The zero-order chi connectivity index (χ0) is 14.4. The standard InChI is InChI=1S/C13H19NO5/c1-4-19-13(16)10(14)7-9-11(15)5-8(17-2)6-12(9)18-3/h5-6,10,15H,4,7,14H2,1-3H3. The summed E-state index contributed by atoms with van der Waals surface area (Å²) in [5.41, 5.74) is 6.17. The number of carbonyl (C=O) groups is 1. The third-order valence-electron chi connectivity index (χ3n) is 2.63. The average molecular weight is 269 g/mol. The number of ether oxygens (including phenoxy) is 3. The zero-order valence-corrected chi connectivity index (χ0v) is 11.3. The van der Waals surface area contributed by atoms with Gasteiger partial charge in [-0.2, -0.15) is 0 Å². The minimum atomic E-state index is -0.854. The second-order valence-corrected chi connectivity index (χ2v) is 3.89. The molecule has 0 aromatic heterocycles. The van der Waals surface area contributed by atoms with E-state index in [1.54, 1.807) is 13.0 Å². The number of carbonyl (C=O) groups excluding carboxylic acids is 1. The van der Waals surface area contributed by atoms with Crippen LogP contribution >= 0.6 is 0 Å². The molecule has 0 radical (unpaired) electrons. The van der Waals surface area contributed by atoms with Crippen LogP contribution < -0.4 is 15.2 Å². The Bertz CT molecular complexity index is 447. The predicted molar refractivity (Wildman–Crippen MR) is 69.5 cm³/mol. The van der Waals surface area contributed by atoms with E-state index in [-0.39, 0.29) is 18.8 Å². The first-order chi connectivity index (χ1) is 9.03. The first-order valence-electron chi connectivity index (χ1n) is 5.89. The molecule has 1 unspecified atom stereocenters. The molecule has 1 rings (SSSR count). The number of esters is 1. The molecule has 0 fully saturated rings. The Labute approximate surface area is 112 Å². The number of phenols is 1. The van der Waals surface area contributed by atoms with E-state index in [0.29, 0.717) is 17.1 Å². The van der Waals surface area contributed by atoms with Gasteiger partial charge in [0.2, 0.25) is 0 Å². The van der Waals surface area contributed by atoms with Gasteiger partial charge in [0.05, 0.1) is 20.8 Å². The summed E-state index contributed by atoms with van der Waals surface area (Å²) in [5, 5.41) is 9.93. The zero-order valence-electron chi connectivity index (χ0n) is 11.3. The topological polar surface area (TPSA) is 91.0 Å². The molecule has 0 spiro atoms. The van der Waals surface area contributed by atoms with Crippen molar-refractivity contribution in [3.63, 3.8) is 0 Å². The predicted octanol–water partition coefficient (Wildman–Crippen LogP) is 0.842. The van der Waals surface area contributed by atoms with Crippen molar-refractivity contribution in [1.82, 2.24) is 0 Å². The largest absolute Gasteiger partial charge is 0.507 e. The molecule has 0 aliphatic carbocycles. The highest BCUT2D eigenvalue weighted by molar-refractivity contribution is 5.76. The van der Waals surface area contributed by atoms with Gasteiger partial charge in [0.25, 0.3) is 0 Å². The van der Waals surface area contributed by atoms with Gasteiger partial charge in [0, 0.05) is 24.1 Å². The van der Waals surface area contributed by atoms with Crippen molar-refractivity contribution in [2.24, 2.45) is 5.73 Å². The summed E-state index contributed by atoms with van der Waals surface area (Å²) in [6.07, 6.45) is 0.123. The molecule has 0 aliphatic heterocycles. The van der Waals surface area contributed by atoms with Gasteiger partial charge < -0.3 is 25.1 Å². The summed E-state index contributed by atoms with van der Waals surface area (Å²) in [7, 11) is 2.95. The number of hydrogen-bond donors (Lipinski definition) is 2. The summed E-state index contributed by atoms with van der Waals surface area (Å²) in [6, 6.07) is 2.20. The highest BCUT2D eigenvalue weighted by Gasteiger charge is 2.20. The van der Waals surface area contributed by atoms with Crippen LogP contribution in [0, 0.1) is 0 Å². The molecule has 106 valence electrons. The van der Waals surface area contributed by atoms with Gasteiger partial charge in [0.15, 0.2) is 0 Å². The molecule has 0 heterocycles. The summed E-state index contributed by atoms with van der Waals surface area (Å²) < 4.78 is 15.0. The van der Waals surface area contributed by atoms with Crippen LogP contribution in [0.15, 0.2) is 12.1 Å². The van der Waals surface area contributed by atoms with E-state index < -0.39 is 12.0 Å². The van der Waals surface area contributed by atoms with Crippen LogP contribution in [0.5, 0.6) is 17.2 Å². The van der Waals surface area contributed by atoms with Crippen molar-refractivity contribution >= 4 is 5.97 Å². The van der Waals surface area contributed by atoms with E-state index in [1.807, 2.05) is 0 Å². The molecule has 1 aromatic carbocycles. The first-order valence-corrected chi connectivity index (χ1v) is 5.89. The van der Waals surface area contributed by atoms with E-state index in [9.17, 15) is 9.90 Å². The Morgan fingerprint density at radius 2 is 2.05 bits per heavy atom. The normalized spacial score (nSPS) is 11.8. The molecule has 6 nitrogen and oxygen atoms in total. The fourth-order valence-electron chi connectivity index (χ4n) is 1.66. The maximum atomic E-state index is 11.5. The molecule has 0 bridgehead atoms. The van der Waals surface area contributed by atoms with Crippen LogP contribution in [0.25, 0.3) is 0 Å². The Hall–Kier alpha value is -1.95. The molecular weight excluding hydrogens is 250 g/mol. The highest BCUT2D eigenvalue weighted by atomic mass is 16.5. The van der Waals surface area contributed by atoms with Crippen molar-refractivity contribution < 1.29 is 24.1 Å². The van der Waals surface area contributed by atoms with Crippen molar-refractivity contribution in [1.29, 1.82) is 0 Å². The molecule has 6 heteroatoms. The van der Waals surface area contributed by atoms with Gasteiger partial charge >= 0.3 is 5.97 Å². The lowest BCUT2D eigenvalue weighted by atomic mass is 10.0. The lowest BCUT2D eigenvalue weighted by molar-refractivity contribution is -0.144. The number of phenolic OH excluding ortho intramolecular Hbond substituents is 1. The fraction of sp³-hybridized carbons (Fsp3) is 0.462. The number of aromatic hydroxyl groups is 1. The quantitative estimate of drug-likeness (QED) is 0.744. The van der Waals surface area contributed by atoms with Crippen molar-refractivity contribution in [3.8, 4) is 17.2 Å². The minimum absolute atomic E-state index is 0.0315. The van der Waals surface area contributed by atoms with Gasteiger partial charge in [-0.05, 0) is 6.92 Å². The summed E-state index contributed by atoms with van der Waals surface area (Å²) in [4.78, 5) is 11.5. The molecule has 0 saturated heterocycles. The fourth-order valence-corrected chi connectivity index (χ4v) is 1.66. The lowest BCUT2D eigenvalue weighted by Crippen LogP contribution is -2.34. The second-order valence-electron chi connectivity index (χ2n) is 3.89. The van der Waals surface area contributed by atoms with Crippen LogP contribution in [0.4, 0.5) is 0 Å². The molecule has 0 amide bonds. The van der Waals surface area contributed by atoms with Gasteiger partial charge in [-0.15, -0.1) is 0 Å². The number of nitrogens with two attached hydrogens (primary N) is 1. The number of benzene rings is 1. The van der Waals surface area contributed by atoms with Crippen LogP contribution in [0.2, 0.25) is 0 Å². The molecule has 0 saturated carbocycles. The number of methoxy groups -OCH3 is 2. The summed E-state index contributed by atoms with van der Waals surface area (Å²) in [5.74, 6) is 0.329. The van der Waals surface area contributed by atoms with Crippen molar-refractivity contribution in [2.75, 3.05) is 20.8 Å². The van der Waals surface area contributed by atoms with Gasteiger partial charge in [0.1, 0.15) is 23.3 Å². The maximum absolute atomic E-state index is 11.5. The van der Waals surface area contributed by atoms with Crippen LogP contribution in [-0.2, 0) is 16.0 Å². The Kier molecular flexibility index (Phi) is 5.44. The molecular formula is C13H19NO5. The van der Waals surface area contributed by atoms with Crippen molar-refractivity contribution in [2.45, 2.75) is 19.4 Å². The molecule has 1 aromatic rings. The molecule has 19 heavy (non-hydrogen) atoms. The van der Waals surface area contributed by atoms with E-state index in [1.165, 1.54) is 20.3 Å². The third-order valence-corrected chi connectivity index (χ3v) is 2.63. The van der Waals surface area contributed by atoms with E-state index in [2.05, 4.69) is 0 Å². The second kappa shape index (κ2) is 6.84. The Morgan fingerprint density at radius 1 is 1.37 bits per heavy atom. The Balaban J connectivity index is 2.97. The van der Waals surface area contributed by atoms with E-state index in [0.717, 1.165) is 0 Å². The maximum Gasteiger partial charge on any atom is 0.323 e. The van der Waals surface area contributed by atoms with Crippen LogP contribution in [0.1, 0.15) is 12.5 Å². The van der Waals surface area contributed by atoms with Gasteiger partial charge in [-0.3, -0.25) is 4.79 Å². The third kappa shape index (κ3) is 3.75.